The van der Waals surface area contributed by atoms with Crippen molar-refractivity contribution in [3.05, 3.63) is 60.0 Å². The van der Waals surface area contributed by atoms with Gasteiger partial charge in [-0.25, -0.2) is 0 Å². The number of likely N-dealkylation sites (N-methyl/N-ethyl adjacent to an activating group) is 1. The number of hydrogen-bond acceptors (Lipinski definition) is 5. The lowest BCUT2D eigenvalue weighted by Gasteiger charge is -2.23. The molecule has 1 saturated heterocycles. The average molecular weight is 393 g/mol. The number of fused-ring (bicyclic) bond motifs is 1. The van der Waals surface area contributed by atoms with Gasteiger partial charge in [0.25, 0.3) is 11.8 Å². The molecule has 1 N–H and O–H groups in total. The van der Waals surface area contributed by atoms with Crippen LogP contribution >= 0.6 is 0 Å². The number of likely N-dealkylation sites (tertiary alicyclic amines) is 1. The van der Waals surface area contributed by atoms with Crippen LogP contribution < -0.4 is 10.1 Å². The first-order valence-corrected chi connectivity index (χ1v) is 9.77. The van der Waals surface area contributed by atoms with E-state index in [9.17, 15) is 9.59 Å². The molecule has 0 aliphatic carbocycles. The van der Waals surface area contributed by atoms with Gasteiger partial charge in [0.1, 0.15) is 5.75 Å². The molecule has 2 amide bonds. The molecule has 1 fully saturated rings. The summed E-state index contributed by atoms with van der Waals surface area (Å²) in [5.74, 6) is 1.12. The largest absolute Gasteiger partial charge is 0.484 e. The highest BCUT2D eigenvalue weighted by molar-refractivity contribution is 5.94. The smallest absolute Gasteiger partial charge is 0.257 e. The van der Waals surface area contributed by atoms with Crippen molar-refractivity contribution in [3.8, 4) is 5.75 Å². The van der Waals surface area contributed by atoms with Crippen LogP contribution in [-0.2, 0) is 4.79 Å². The van der Waals surface area contributed by atoms with Crippen LogP contribution in [0.25, 0.3) is 5.65 Å². The zero-order valence-electron chi connectivity index (χ0n) is 16.2. The zero-order valence-corrected chi connectivity index (χ0v) is 16.2. The molecule has 8 nitrogen and oxygen atoms in total. The van der Waals surface area contributed by atoms with Crippen molar-refractivity contribution in [1.29, 1.82) is 0 Å². The second kappa shape index (κ2) is 8.30. The van der Waals surface area contributed by atoms with Gasteiger partial charge in [-0.1, -0.05) is 6.07 Å². The van der Waals surface area contributed by atoms with E-state index in [1.807, 2.05) is 40.6 Å². The standard InChI is InChI=1S/C21H23N5O3/c1-2-22-19(27)14-29-16-10-8-15(9-11-16)21(28)25-13-5-6-17(25)20-24-23-18-7-3-4-12-26(18)20/h3-4,7-12,17H,2,5-6,13-14H2,1H3,(H,22,27)/t17-/m1/s1. The Labute approximate surface area is 168 Å². The van der Waals surface area contributed by atoms with Gasteiger partial charge < -0.3 is 15.0 Å². The van der Waals surface area contributed by atoms with Crippen LogP contribution in [0.2, 0.25) is 0 Å². The summed E-state index contributed by atoms with van der Waals surface area (Å²) in [6.07, 6.45) is 3.70. The SMILES string of the molecule is CCNC(=O)COc1ccc(C(=O)N2CCC[C@@H]2c2nnc3ccccn23)cc1. The quantitative estimate of drug-likeness (QED) is 0.694. The number of carbonyl (C=O) groups is 2. The number of rotatable bonds is 6. The van der Waals surface area contributed by atoms with Gasteiger partial charge in [-0.2, -0.15) is 0 Å². The molecule has 1 aromatic carbocycles. The summed E-state index contributed by atoms with van der Waals surface area (Å²) in [5, 5.41) is 11.2. The third-order valence-electron chi connectivity index (χ3n) is 5.00. The molecule has 0 radical (unpaired) electrons. The van der Waals surface area contributed by atoms with E-state index < -0.39 is 0 Å². The van der Waals surface area contributed by atoms with E-state index in [1.54, 1.807) is 24.3 Å². The topological polar surface area (TPSA) is 88.8 Å². The van der Waals surface area contributed by atoms with Crippen LogP contribution in [0, 0.1) is 0 Å². The van der Waals surface area contributed by atoms with Crippen LogP contribution in [0.1, 0.15) is 42.0 Å². The Hall–Kier alpha value is -3.42. The number of hydrogen-bond donors (Lipinski definition) is 1. The minimum atomic E-state index is -0.173. The normalized spacial score (nSPS) is 16.2. The average Bonchev–Trinajstić information content (AvgIpc) is 3.39. The van der Waals surface area contributed by atoms with E-state index in [-0.39, 0.29) is 24.5 Å². The van der Waals surface area contributed by atoms with E-state index in [4.69, 9.17) is 4.74 Å². The van der Waals surface area contributed by atoms with E-state index in [2.05, 4.69) is 15.5 Å². The number of aromatic nitrogens is 3. The fourth-order valence-corrected chi connectivity index (χ4v) is 3.62. The lowest BCUT2D eigenvalue weighted by atomic mass is 10.1. The molecule has 2 aromatic heterocycles. The number of benzene rings is 1. The van der Waals surface area contributed by atoms with Crippen molar-refractivity contribution in [2.75, 3.05) is 19.7 Å². The van der Waals surface area contributed by atoms with Gasteiger partial charge in [0.05, 0.1) is 6.04 Å². The summed E-state index contributed by atoms with van der Waals surface area (Å²) in [6.45, 7) is 3.05. The Bertz CT molecular complexity index is 1010. The highest BCUT2D eigenvalue weighted by Gasteiger charge is 2.33. The summed E-state index contributed by atoms with van der Waals surface area (Å²) < 4.78 is 7.39. The highest BCUT2D eigenvalue weighted by Crippen LogP contribution is 2.32. The molecule has 4 rings (SSSR count). The molecule has 0 bridgehead atoms. The number of nitrogens with zero attached hydrogens (tertiary/aromatic N) is 4. The van der Waals surface area contributed by atoms with Crippen molar-refractivity contribution in [3.63, 3.8) is 0 Å². The third kappa shape index (κ3) is 3.91. The monoisotopic (exact) mass is 393 g/mol. The summed E-state index contributed by atoms with van der Waals surface area (Å²) in [6, 6.07) is 12.5. The Balaban J connectivity index is 1.48. The van der Waals surface area contributed by atoms with Gasteiger partial charge >= 0.3 is 0 Å². The van der Waals surface area contributed by atoms with Gasteiger partial charge in [-0.15, -0.1) is 10.2 Å². The van der Waals surface area contributed by atoms with E-state index in [1.165, 1.54) is 0 Å². The van der Waals surface area contributed by atoms with E-state index in [0.717, 1.165) is 24.3 Å². The van der Waals surface area contributed by atoms with Gasteiger partial charge in [0, 0.05) is 24.8 Å². The van der Waals surface area contributed by atoms with Crippen molar-refractivity contribution in [1.82, 2.24) is 24.8 Å². The first kappa shape index (κ1) is 18.9. The molecular weight excluding hydrogens is 370 g/mol. The summed E-state index contributed by atoms with van der Waals surface area (Å²) in [7, 11) is 0. The summed E-state index contributed by atoms with van der Waals surface area (Å²) in [4.78, 5) is 26.5. The second-order valence-electron chi connectivity index (χ2n) is 6.91. The Morgan fingerprint density at radius 2 is 2.00 bits per heavy atom. The van der Waals surface area contributed by atoms with Crippen LogP contribution in [0.5, 0.6) is 5.75 Å². The minimum Gasteiger partial charge on any atom is -0.484 e. The number of carbonyl (C=O) groups excluding carboxylic acids is 2. The minimum absolute atomic E-state index is 0.0459. The molecule has 1 atom stereocenters. The van der Waals surface area contributed by atoms with Gasteiger partial charge in [-0.05, 0) is 56.2 Å². The van der Waals surface area contributed by atoms with Gasteiger partial charge in [0.2, 0.25) is 0 Å². The van der Waals surface area contributed by atoms with Crippen LogP contribution in [-0.4, -0.2) is 51.0 Å². The Morgan fingerprint density at radius 3 is 2.79 bits per heavy atom. The molecule has 3 aromatic rings. The van der Waals surface area contributed by atoms with Crippen molar-refractivity contribution < 1.29 is 14.3 Å². The molecule has 3 heterocycles. The van der Waals surface area contributed by atoms with E-state index >= 15 is 0 Å². The Morgan fingerprint density at radius 1 is 1.17 bits per heavy atom. The second-order valence-corrected chi connectivity index (χ2v) is 6.91. The lowest BCUT2D eigenvalue weighted by Crippen LogP contribution is -2.31. The molecule has 0 unspecified atom stereocenters. The summed E-state index contributed by atoms with van der Waals surface area (Å²) in [5.41, 5.74) is 1.35. The van der Waals surface area contributed by atoms with E-state index in [0.29, 0.717) is 24.4 Å². The molecular formula is C21H23N5O3. The predicted molar refractivity (Wildman–Crippen MR) is 107 cm³/mol. The molecule has 1 aliphatic rings. The first-order chi connectivity index (χ1) is 14.2. The number of nitrogens with one attached hydrogen (secondary N) is 1. The highest BCUT2D eigenvalue weighted by atomic mass is 16.5. The number of amides is 2. The van der Waals surface area contributed by atoms with Crippen LogP contribution in [0.4, 0.5) is 0 Å². The maximum atomic E-state index is 13.1. The molecule has 0 spiro atoms. The van der Waals surface area contributed by atoms with Crippen molar-refractivity contribution in [2.24, 2.45) is 0 Å². The molecule has 29 heavy (non-hydrogen) atoms. The zero-order chi connectivity index (χ0) is 20.2. The lowest BCUT2D eigenvalue weighted by molar-refractivity contribution is -0.122. The van der Waals surface area contributed by atoms with Crippen molar-refractivity contribution in [2.45, 2.75) is 25.8 Å². The number of pyridine rings is 1. The summed E-state index contributed by atoms with van der Waals surface area (Å²) >= 11 is 0. The molecule has 150 valence electrons. The fourth-order valence-electron chi connectivity index (χ4n) is 3.62. The van der Waals surface area contributed by atoms with Crippen molar-refractivity contribution >= 4 is 17.5 Å². The third-order valence-corrected chi connectivity index (χ3v) is 5.00. The van der Waals surface area contributed by atoms with Gasteiger partial charge in [0.15, 0.2) is 18.1 Å². The maximum absolute atomic E-state index is 13.1. The molecule has 0 saturated carbocycles. The van der Waals surface area contributed by atoms with Crippen LogP contribution in [0.15, 0.2) is 48.7 Å². The maximum Gasteiger partial charge on any atom is 0.257 e. The number of ether oxygens (including phenoxy) is 1. The fraction of sp³-hybridized carbons (Fsp3) is 0.333. The first-order valence-electron chi connectivity index (χ1n) is 9.77. The Kier molecular flexibility index (Phi) is 5.41. The van der Waals surface area contributed by atoms with Crippen LogP contribution in [0.3, 0.4) is 0 Å². The molecule has 1 aliphatic heterocycles. The predicted octanol–water partition coefficient (Wildman–Crippen LogP) is 2.22. The van der Waals surface area contributed by atoms with Gasteiger partial charge in [-0.3, -0.25) is 14.0 Å². The molecule has 8 heteroatoms.